The van der Waals surface area contributed by atoms with Crippen molar-refractivity contribution in [3.05, 3.63) is 24.0 Å². The van der Waals surface area contributed by atoms with Crippen molar-refractivity contribution in [2.24, 2.45) is 5.41 Å². The van der Waals surface area contributed by atoms with Crippen LogP contribution < -0.4 is 4.72 Å². The van der Waals surface area contributed by atoms with E-state index in [9.17, 15) is 8.42 Å². The summed E-state index contributed by atoms with van der Waals surface area (Å²) in [5.41, 5.74) is -0.118. The predicted molar refractivity (Wildman–Crippen MR) is 79.0 cm³/mol. The first kappa shape index (κ1) is 15.9. The third-order valence-corrected chi connectivity index (χ3v) is 5.48. The largest absolute Gasteiger partial charge is 0.306 e. The fraction of sp³-hybridized carbons (Fsp3) is 0.571. The second-order valence-corrected chi connectivity index (χ2v) is 7.64. The molecular weight excluding hydrogens is 288 g/mol. The van der Waals surface area contributed by atoms with Gasteiger partial charge in [0.25, 0.3) is 0 Å². The Balaban J connectivity index is 2.10. The van der Waals surface area contributed by atoms with E-state index < -0.39 is 10.0 Å². The van der Waals surface area contributed by atoms with Crippen LogP contribution in [0.15, 0.2) is 23.2 Å². The SMILES string of the molecule is CN1CCC(C)(CNS(=O)(=O)c2cccnc2C#N)CC1. The van der Waals surface area contributed by atoms with E-state index in [1.54, 1.807) is 0 Å². The molecule has 2 rings (SSSR count). The number of likely N-dealkylation sites (tertiary alicyclic amines) is 1. The van der Waals surface area contributed by atoms with Gasteiger partial charge >= 0.3 is 0 Å². The number of piperidine rings is 1. The van der Waals surface area contributed by atoms with Gasteiger partial charge in [0.15, 0.2) is 5.69 Å². The first-order chi connectivity index (χ1) is 9.86. The third kappa shape index (κ3) is 3.79. The molecule has 1 aromatic rings. The van der Waals surface area contributed by atoms with Crippen molar-refractivity contribution in [2.75, 3.05) is 26.7 Å². The molecule has 0 saturated carbocycles. The van der Waals surface area contributed by atoms with Gasteiger partial charge < -0.3 is 4.90 Å². The van der Waals surface area contributed by atoms with Gasteiger partial charge in [-0.25, -0.2) is 18.1 Å². The van der Waals surface area contributed by atoms with E-state index in [-0.39, 0.29) is 16.0 Å². The van der Waals surface area contributed by atoms with E-state index in [4.69, 9.17) is 5.26 Å². The van der Waals surface area contributed by atoms with Crippen LogP contribution in [0.25, 0.3) is 0 Å². The number of aromatic nitrogens is 1. The lowest BCUT2D eigenvalue weighted by molar-refractivity contribution is 0.143. The smallest absolute Gasteiger partial charge is 0.243 e. The van der Waals surface area contributed by atoms with Gasteiger partial charge in [0.1, 0.15) is 11.0 Å². The summed E-state index contributed by atoms with van der Waals surface area (Å²) in [6.07, 6.45) is 3.31. The van der Waals surface area contributed by atoms with Crippen LogP contribution in [0.2, 0.25) is 0 Å². The zero-order valence-electron chi connectivity index (χ0n) is 12.3. The maximum atomic E-state index is 12.3. The number of nitrogens with zero attached hydrogens (tertiary/aromatic N) is 3. The van der Waals surface area contributed by atoms with Gasteiger partial charge in [-0.2, -0.15) is 5.26 Å². The first-order valence-electron chi connectivity index (χ1n) is 6.90. The van der Waals surface area contributed by atoms with Gasteiger partial charge in [0, 0.05) is 12.7 Å². The number of rotatable bonds is 4. The number of nitrogens with one attached hydrogen (secondary N) is 1. The van der Waals surface area contributed by atoms with Gasteiger partial charge in [-0.3, -0.25) is 0 Å². The van der Waals surface area contributed by atoms with Crippen molar-refractivity contribution in [2.45, 2.75) is 24.7 Å². The van der Waals surface area contributed by atoms with Crippen LogP contribution in [0.5, 0.6) is 0 Å². The van der Waals surface area contributed by atoms with E-state index in [1.165, 1.54) is 18.3 Å². The molecule has 1 aromatic heterocycles. The molecule has 0 amide bonds. The lowest BCUT2D eigenvalue weighted by Gasteiger charge is -2.37. The highest BCUT2D eigenvalue weighted by Gasteiger charge is 2.31. The highest BCUT2D eigenvalue weighted by Crippen LogP contribution is 2.30. The molecule has 1 N–H and O–H groups in total. The lowest BCUT2D eigenvalue weighted by atomic mass is 9.81. The quantitative estimate of drug-likeness (QED) is 0.895. The highest BCUT2D eigenvalue weighted by molar-refractivity contribution is 7.89. The Morgan fingerprint density at radius 2 is 2.14 bits per heavy atom. The Bertz CT molecular complexity index is 643. The second-order valence-electron chi connectivity index (χ2n) is 5.90. The van der Waals surface area contributed by atoms with Crippen LogP contribution >= 0.6 is 0 Å². The van der Waals surface area contributed by atoms with E-state index in [0.29, 0.717) is 6.54 Å². The average Bonchev–Trinajstić information content (AvgIpc) is 2.49. The van der Waals surface area contributed by atoms with Crippen molar-refractivity contribution in [1.29, 1.82) is 5.26 Å². The fourth-order valence-electron chi connectivity index (χ4n) is 2.37. The molecule has 0 aliphatic carbocycles. The summed E-state index contributed by atoms with van der Waals surface area (Å²) >= 11 is 0. The number of pyridine rings is 1. The zero-order chi connectivity index (χ0) is 15.5. The molecule has 1 aliphatic rings. The molecule has 7 heteroatoms. The molecule has 0 atom stereocenters. The molecule has 1 saturated heterocycles. The molecule has 21 heavy (non-hydrogen) atoms. The van der Waals surface area contributed by atoms with Gasteiger partial charge in [-0.1, -0.05) is 6.92 Å². The zero-order valence-corrected chi connectivity index (χ0v) is 13.2. The summed E-state index contributed by atoms with van der Waals surface area (Å²) in [5, 5.41) is 8.97. The molecule has 0 radical (unpaired) electrons. The minimum absolute atomic E-state index is 0.0470. The Morgan fingerprint density at radius 3 is 2.76 bits per heavy atom. The molecule has 0 bridgehead atoms. The molecule has 0 spiro atoms. The molecule has 6 nitrogen and oxygen atoms in total. The number of nitriles is 1. The van der Waals surface area contributed by atoms with Crippen molar-refractivity contribution < 1.29 is 8.42 Å². The van der Waals surface area contributed by atoms with Crippen LogP contribution in [0.4, 0.5) is 0 Å². The van der Waals surface area contributed by atoms with Crippen LogP contribution in [-0.2, 0) is 10.0 Å². The molecule has 1 aliphatic heterocycles. The summed E-state index contributed by atoms with van der Waals surface area (Å²) in [6, 6.07) is 4.75. The minimum atomic E-state index is -3.70. The van der Waals surface area contributed by atoms with Crippen molar-refractivity contribution in [3.8, 4) is 6.07 Å². The maximum absolute atomic E-state index is 12.3. The number of hydrogen-bond acceptors (Lipinski definition) is 5. The molecule has 114 valence electrons. The fourth-order valence-corrected chi connectivity index (χ4v) is 3.68. The normalized spacial score (nSPS) is 19.1. The Kier molecular flexibility index (Phi) is 4.61. The second kappa shape index (κ2) is 6.10. The Hall–Kier alpha value is -1.49. The van der Waals surface area contributed by atoms with Gasteiger partial charge in [0.05, 0.1) is 0 Å². The van der Waals surface area contributed by atoms with Gasteiger partial charge in [0.2, 0.25) is 10.0 Å². The van der Waals surface area contributed by atoms with Gasteiger partial charge in [-0.15, -0.1) is 0 Å². The van der Waals surface area contributed by atoms with E-state index in [0.717, 1.165) is 25.9 Å². The monoisotopic (exact) mass is 308 g/mol. The summed E-state index contributed by atoms with van der Waals surface area (Å²) < 4.78 is 27.3. The van der Waals surface area contributed by atoms with Crippen LogP contribution in [0, 0.1) is 16.7 Å². The minimum Gasteiger partial charge on any atom is -0.306 e. The number of hydrogen-bond donors (Lipinski definition) is 1. The summed E-state index contributed by atoms with van der Waals surface area (Å²) in [5.74, 6) is 0. The lowest BCUT2D eigenvalue weighted by Crippen LogP contribution is -2.43. The first-order valence-corrected chi connectivity index (χ1v) is 8.38. The van der Waals surface area contributed by atoms with E-state index in [2.05, 4.69) is 28.6 Å². The Labute approximate surface area is 125 Å². The third-order valence-electron chi connectivity index (χ3n) is 4.05. The van der Waals surface area contributed by atoms with Crippen LogP contribution in [-0.4, -0.2) is 45.0 Å². The summed E-state index contributed by atoms with van der Waals surface area (Å²) in [6.45, 7) is 4.41. The van der Waals surface area contributed by atoms with Crippen molar-refractivity contribution in [1.82, 2.24) is 14.6 Å². The Morgan fingerprint density at radius 1 is 1.48 bits per heavy atom. The van der Waals surface area contributed by atoms with Crippen LogP contribution in [0.1, 0.15) is 25.5 Å². The predicted octanol–water partition coefficient (Wildman–Crippen LogP) is 0.963. The van der Waals surface area contributed by atoms with Crippen molar-refractivity contribution in [3.63, 3.8) is 0 Å². The summed E-state index contributed by atoms with van der Waals surface area (Å²) in [4.78, 5) is 5.99. The topological polar surface area (TPSA) is 86.1 Å². The highest BCUT2D eigenvalue weighted by atomic mass is 32.2. The maximum Gasteiger partial charge on any atom is 0.243 e. The van der Waals surface area contributed by atoms with Gasteiger partial charge in [-0.05, 0) is 50.5 Å². The van der Waals surface area contributed by atoms with Crippen molar-refractivity contribution >= 4 is 10.0 Å². The standard InChI is InChI=1S/C14H20N4O2S/c1-14(5-8-18(2)9-6-14)11-17-21(19,20)13-4-3-7-16-12(13)10-15/h3-4,7,17H,5-6,8-9,11H2,1-2H3. The van der Waals surface area contributed by atoms with E-state index >= 15 is 0 Å². The van der Waals surface area contributed by atoms with E-state index in [1.807, 2.05) is 6.07 Å². The number of sulfonamides is 1. The molecule has 1 fully saturated rings. The summed E-state index contributed by atoms with van der Waals surface area (Å²) in [7, 11) is -1.63. The molecule has 2 heterocycles. The molecule has 0 aromatic carbocycles. The average molecular weight is 308 g/mol. The van der Waals surface area contributed by atoms with Crippen LogP contribution in [0.3, 0.4) is 0 Å². The molecule has 0 unspecified atom stereocenters. The molecular formula is C14H20N4O2S.